The van der Waals surface area contributed by atoms with E-state index in [1.807, 2.05) is 0 Å². The molecule has 3 rings (SSSR count). The van der Waals surface area contributed by atoms with Crippen LogP contribution in [0.15, 0.2) is 0 Å². The summed E-state index contributed by atoms with van der Waals surface area (Å²) in [5, 5.41) is 5.61. The molecule has 3 aliphatic rings. The number of hydrogen-bond donors (Lipinski definition) is 2. The maximum atomic E-state index is 11.8. The zero-order chi connectivity index (χ0) is 13.6. The van der Waals surface area contributed by atoms with Crippen molar-refractivity contribution in [2.75, 3.05) is 7.05 Å². The number of carbonyl (C=O) groups excluding carboxylic acids is 3. The molecule has 0 aromatic carbocycles. The maximum absolute atomic E-state index is 11.8. The zero-order valence-electron chi connectivity index (χ0n) is 11.0. The van der Waals surface area contributed by atoms with Crippen LogP contribution in [-0.2, 0) is 9.59 Å². The van der Waals surface area contributed by atoms with Gasteiger partial charge in [0.1, 0.15) is 6.04 Å². The molecule has 6 heteroatoms. The van der Waals surface area contributed by atoms with E-state index < -0.39 is 6.04 Å². The van der Waals surface area contributed by atoms with Gasteiger partial charge in [0, 0.05) is 19.5 Å². The van der Waals surface area contributed by atoms with Gasteiger partial charge in [0.15, 0.2) is 0 Å². The Bertz CT molecular complexity index is 427. The van der Waals surface area contributed by atoms with Crippen LogP contribution < -0.4 is 10.6 Å². The Morgan fingerprint density at radius 3 is 2.53 bits per heavy atom. The molecule has 1 heterocycles. The van der Waals surface area contributed by atoms with Crippen LogP contribution >= 0.6 is 0 Å². The minimum Gasteiger partial charge on any atom is -0.335 e. The lowest BCUT2D eigenvalue weighted by Gasteiger charge is -2.28. The largest absolute Gasteiger partial charge is 0.335 e. The monoisotopic (exact) mass is 265 g/mol. The number of piperidine rings is 1. The number of urea groups is 1. The summed E-state index contributed by atoms with van der Waals surface area (Å²) >= 11 is 0. The van der Waals surface area contributed by atoms with E-state index in [4.69, 9.17) is 0 Å². The summed E-state index contributed by atoms with van der Waals surface area (Å²) < 4.78 is 0. The van der Waals surface area contributed by atoms with E-state index in [1.165, 1.54) is 13.5 Å². The number of fused-ring (bicyclic) bond motifs is 1. The number of nitrogens with zero attached hydrogens (tertiary/aromatic N) is 1. The van der Waals surface area contributed by atoms with Gasteiger partial charge >= 0.3 is 6.03 Å². The third-order valence-corrected chi connectivity index (χ3v) is 4.53. The summed E-state index contributed by atoms with van der Waals surface area (Å²) in [5.41, 5.74) is 0. The Kier molecular flexibility index (Phi) is 2.95. The van der Waals surface area contributed by atoms with Gasteiger partial charge in [0.2, 0.25) is 5.91 Å². The van der Waals surface area contributed by atoms with Crippen LogP contribution in [0.3, 0.4) is 0 Å². The summed E-state index contributed by atoms with van der Waals surface area (Å²) in [4.78, 5) is 36.1. The number of hydrogen-bond acceptors (Lipinski definition) is 3. The molecule has 2 N–H and O–H groups in total. The van der Waals surface area contributed by atoms with Crippen LogP contribution in [-0.4, -0.2) is 41.9 Å². The second-order valence-corrected chi connectivity index (χ2v) is 5.92. The fraction of sp³-hybridized carbons (Fsp3) is 0.769. The van der Waals surface area contributed by atoms with Crippen molar-refractivity contribution < 1.29 is 14.4 Å². The predicted molar refractivity (Wildman–Crippen MR) is 67.1 cm³/mol. The lowest BCUT2D eigenvalue weighted by molar-refractivity contribution is -0.147. The number of nitrogens with one attached hydrogen (secondary N) is 2. The lowest BCUT2D eigenvalue weighted by atomic mass is 10.1. The Balaban J connectivity index is 1.49. The van der Waals surface area contributed by atoms with Gasteiger partial charge in [-0.3, -0.25) is 14.5 Å². The Hall–Kier alpha value is -1.59. The molecular formula is C13H19N3O3. The van der Waals surface area contributed by atoms with E-state index in [9.17, 15) is 14.4 Å². The normalized spacial score (nSPS) is 37.0. The van der Waals surface area contributed by atoms with Crippen molar-refractivity contribution in [2.45, 2.75) is 44.2 Å². The van der Waals surface area contributed by atoms with Crippen LogP contribution in [0.2, 0.25) is 0 Å². The summed E-state index contributed by atoms with van der Waals surface area (Å²) in [6, 6.07) is -0.604. The molecule has 1 saturated heterocycles. The van der Waals surface area contributed by atoms with Crippen LogP contribution in [0.5, 0.6) is 0 Å². The second kappa shape index (κ2) is 4.51. The molecular weight excluding hydrogens is 246 g/mol. The second-order valence-electron chi connectivity index (χ2n) is 5.92. The number of carbonyl (C=O) groups is 3. The molecule has 19 heavy (non-hydrogen) atoms. The van der Waals surface area contributed by atoms with Gasteiger partial charge in [-0.25, -0.2) is 4.79 Å². The fourth-order valence-corrected chi connectivity index (χ4v) is 3.27. The molecule has 0 aromatic rings. The van der Waals surface area contributed by atoms with Crippen LogP contribution in [0.1, 0.15) is 32.1 Å². The smallest absolute Gasteiger partial charge is 0.315 e. The van der Waals surface area contributed by atoms with E-state index in [0.29, 0.717) is 12.8 Å². The van der Waals surface area contributed by atoms with Crippen molar-refractivity contribution in [1.82, 2.24) is 15.5 Å². The van der Waals surface area contributed by atoms with E-state index in [1.54, 1.807) is 0 Å². The van der Waals surface area contributed by atoms with Crippen molar-refractivity contribution >= 4 is 17.8 Å². The summed E-state index contributed by atoms with van der Waals surface area (Å²) in [5.74, 6) is 1.12. The number of likely N-dealkylation sites (N-methyl/N-ethyl adjacent to an activating group) is 1. The molecule has 1 aliphatic heterocycles. The first kappa shape index (κ1) is 12.4. The van der Waals surface area contributed by atoms with Gasteiger partial charge in [-0.2, -0.15) is 0 Å². The van der Waals surface area contributed by atoms with E-state index in [2.05, 4.69) is 10.6 Å². The zero-order valence-corrected chi connectivity index (χ0v) is 11.0. The molecule has 6 nitrogen and oxygen atoms in total. The molecule has 0 bridgehead atoms. The third kappa shape index (κ3) is 2.43. The topological polar surface area (TPSA) is 78.5 Å². The first-order chi connectivity index (χ1) is 9.04. The molecule has 3 atom stereocenters. The summed E-state index contributed by atoms with van der Waals surface area (Å²) in [6.07, 6.45) is 4.14. The molecule has 104 valence electrons. The highest BCUT2D eigenvalue weighted by Gasteiger charge is 2.46. The minimum absolute atomic E-state index is 0.181. The number of likely N-dealkylation sites (tertiary alicyclic amines) is 1. The average Bonchev–Trinajstić information content (AvgIpc) is 2.98. The number of rotatable bonds is 2. The quantitative estimate of drug-likeness (QED) is 0.702. The van der Waals surface area contributed by atoms with Crippen LogP contribution in [0.25, 0.3) is 0 Å². The van der Waals surface area contributed by atoms with Gasteiger partial charge in [-0.15, -0.1) is 0 Å². The minimum atomic E-state index is -0.571. The average molecular weight is 265 g/mol. The van der Waals surface area contributed by atoms with Crippen LogP contribution in [0.4, 0.5) is 4.79 Å². The first-order valence-electron chi connectivity index (χ1n) is 6.92. The van der Waals surface area contributed by atoms with E-state index in [0.717, 1.165) is 29.6 Å². The fourth-order valence-electron chi connectivity index (χ4n) is 3.27. The van der Waals surface area contributed by atoms with Gasteiger partial charge in [0.25, 0.3) is 5.91 Å². The van der Waals surface area contributed by atoms with Crippen molar-refractivity contribution in [3.05, 3.63) is 0 Å². The summed E-state index contributed by atoms with van der Waals surface area (Å²) in [7, 11) is 1.46. The van der Waals surface area contributed by atoms with Crippen molar-refractivity contribution in [3.63, 3.8) is 0 Å². The molecule has 2 saturated carbocycles. The van der Waals surface area contributed by atoms with Crippen molar-refractivity contribution in [1.29, 1.82) is 0 Å². The van der Waals surface area contributed by atoms with Crippen molar-refractivity contribution in [2.24, 2.45) is 11.8 Å². The van der Waals surface area contributed by atoms with Crippen molar-refractivity contribution in [3.8, 4) is 0 Å². The molecule has 0 radical (unpaired) electrons. The predicted octanol–water partition coefficient (Wildman–Crippen LogP) is 0.231. The Morgan fingerprint density at radius 2 is 1.84 bits per heavy atom. The number of amides is 4. The number of imide groups is 1. The maximum Gasteiger partial charge on any atom is 0.315 e. The Morgan fingerprint density at radius 1 is 1.16 bits per heavy atom. The van der Waals surface area contributed by atoms with Gasteiger partial charge in [-0.05, 0) is 37.5 Å². The molecule has 3 unspecified atom stereocenters. The van der Waals surface area contributed by atoms with E-state index in [-0.39, 0.29) is 23.9 Å². The highest BCUT2D eigenvalue weighted by molar-refractivity contribution is 6.01. The summed E-state index contributed by atoms with van der Waals surface area (Å²) in [6.45, 7) is 0. The van der Waals surface area contributed by atoms with Crippen LogP contribution in [0, 0.1) is 11.8 Å². The molecule has 2 aliphatic carbocycles. The Labute approximate surface area is 111 Å². The van der Waals surface area contributed by atoms with Gasteiger partial charge in [-0.1, -0.05) is 0 Å². The third-order valence-electron chi connectivity index (χ3n) is 4.53. The molecule has 0 aromatic heterocycles. The van der Waals surface area contributed by atoms with Gasteiger partial charge < -0.3 is 10.6 Å². The van der Waals surface area contributed by atoms with Gasteiger partial charge in [0.05, 0.1) is 0 Å². The first-order valence-corrected chi connectivity index (χ1v) is 6.92. The standard InChI is InChI=1S/C13H19N3O3/c1-16-11(17)3-2-10(12(16)18)15-13(19)14-9-5-7-4-8(7)6-9/h7-10H,2-6H2,1H3,(H2,14,15,19). The molecule has 3 fully saturated rings. The highest BCUT2D eigenvalue weighted by Crippen LogP contribution is 2.51. The lowest BCUT2D eigenvalue weighted by Crippen LogP contribution is -2.55. The SMILES string of the molecule is CN1C(=O)CCC(NC(=O)NC2CC3CC3C2)C1=O. The van der Waals surface area contributed by atoms with E-state index >= 15 is 0 Å². The highest BCUT2D eigenvalue weighted by atomic mass is 16.2. The molecule has 0 spiro atoms. The molecule has 4 amide bonds.